The van der Waals surface area contributed by atoms with E-state index in [-0.39, 0.29) is 0 Å². The van der Waals surface area contributed by atoms with Gasteiger partial charge in [0.2, 0.25) is 0 Å². The van der Waals surface area contributed by atoms with Crippen LogP contribution in [0.15, 0.2) is 34.9 Å². The van der Waals surface area contributed by atoms with Crippen LogP contribution in [0.5, 0.6) is 5.75 Å². The number of anilines is 1. The topological polar surface area (TPSA) is 38.5 Å². The van der Waals surface area contributed by atoms with Crippen LogP contribution < -0.4 is 9.64 Å². The number of rotatable bonds is 4. The van der Waals surface area contributed by atoms with Crippen LogP contribution in [0, 0.1) is 0 Å². The summed E-state index contributed by atoms with van der Waals surface area (Å²) < 4.78 is 11.4. The van der Waals surface area contributed by atoms with Gasteiger partial charge >= 0.3 is 0 Å². The predicted octanol–water partition coefficient (Wildman–Crippen LogP) is 3.84. The van der Waals surface area contributed by atoms with Crippen molar-refractivity contribution >= 4 is 27.8 Å². The summed E-state index contributed by atoms with van der Waals surface area (Å²) in [5.41, 5.74) is 3.56. The fraction of sp³-hybridized carbons (Fsp3) is 0.312. The van der Waals surface area contributed by atoms with Crippen molar-refractivity contribution in [2.24, 2.45) is 0 Å². The summed E-state index contributed by atoms with van der Waals surface area (Å²) in [6.45, 7) is 6.14. The maximum atomic E-state index is 6.06. The van der Waals surface area contributed by atoms with E-state index >= 15 is 0 Å². The van der Waals surface area contributed by atoms with Crippen molar-refractivity contribution in [2.75, 3.05) is 25.1 Å². The van der Waals surface area contributed by atoms with Gasteiger partial charge in [-0.3, -0.25) is 4.98 Å². The van der Waals surface area contributed by atoms with E-state index in [1.165, 1.54) is 0 Å². The van der Waals surface area contributed by atoms with Crippen LogP contribution in [0.25, 0.3) is 22.1 Å². The lowest BCUT2D eigenvalue weighted by molar-refractivity contribution is 0.412. The normalized spacial score (nSPS) is 11.2. The minimum absolute atomic E-state index is 0.742. The second kappa shape index (κ2) is 5.04. The van der Waals surface area contributed by atoms with Gasteiger partial charge in [0.25, 0.3) is 0 Å². The minimum atomic E-state index is 0.742. The maximum absolute atomic E-state index is 6.06. The first-order chi connectivity index (χ1) is 9.80. The first-order valence-electron chi connectivity index (χ1n) is 6.89. The van der Waals surface area contributed by atoms with Crippen LogP contribution in [0.1, 0.15) is 13.8 Å². The third-order valence-corrected chi connectivity index (χ3v) is 3.65. The number of benzene rings is 1. The quantitative estimate of drug-likeness (QED) is 0.722. The molecule has 0 aliphatic heterocycles. The molecule has 0 spiro atoms. The zero-order valence-electron chi connectivity index (χ0n) is 12.0. The molecule has 0 atom stereocenters. The molecule has 20 heavy (non-hydrogen) atoms. The minimum Gasteiger partial charge on any atom is -0.493 e. The summed E-state index contributed by atoms with van der Waals surface area (Å²) in [5.74, 6) is 0.742. The van der Waals surface area contributed by atoms with Crippen LogP contribution >= 0.6 is 0 Å². The Bertz CT molecular complexity index is 745. The molecule has 0 fully saturated rings. The predicted molar refractivity (Wildman–Crippen MR) is 81.6 cm³/mol. The number of para-hydroxylation sites is 1. The van der Waals surface area contributed by atoms with Gasteiger partial charge in [0.1, 0.15) is 5.52 Å². The fourth-order valence-electron chi connectivity index (χ4n) is 2.61. The van der Waals surface area contributed by atoms with Gasteiger partial charge in [-0.2, -0.15) is 0 Å². The Morgan fingerprint density at radius 1 is 1.15 bits per heavy atom. The number of hydrogen-bond donors (Lipinski definition) is 0. The molecule has 0 saturated heterocycles. The van der Waals surface area contributed by atoms with Gasteiger partial charge in [-0.1, -0.05) is 6.07 Å². The zero-order chi connectivity index (χ0) is 14.1. The number of hydrogen-bond acceptors (Lipinski definition) is 4. The molecule has 0 N–H and O–H groups in total. The second-order valence-corrected chi connectivity index (χ2v) is 4.62. The molecule has 2 heterocycles. The van der Waals surface area contributed by atoms with E-state index in [9.17, 15) is 0 Å². The monoisotopic (exact) mass is 270 g/mol. The summed E-state index contributed by atoms with van der Waals surface area (Å²) in [7, 11) is 1.65. The highest BCUT2D eigenvalue weighted by molar-refractivity contribution is 6.08. The highest BCUT2D eigenvalue weighted by Gasteiger charge is 2.17. The van der Waals surface area contributed by atoms with E-state index in [2.05, 4.69) is 23.7 Å². The highest BCUT2D eigenvalue weighted by atomic mass is 16.5. The first kappa shape index (κ1) is 12.8. The summed E-state index contributed by atoms with van der Waals surface area (Å²) in [6.07, 6.45) is 1.84. The van der Waals surface area contributed by atoms with Crippen molar-refractivity contribution in [3.8, 4) is 5.75 Å². The molecule has 0 aliphatic rings. The number of furan rings is 1. The van der Waals surface area contributed by atoms with Gasteiger partial charge < -0.3 is 14.1 Å². The average Bonchev–Trinajstić information content (AvgIpc) is 2.88. The Morgan fingerprint density at radius 3 is 2.65 bits per heavy atom. The molecule has 0 radical (unpaired) electrons. The van der Waals surface area contributed by atoms with Gasteiger partial charge in [-0.25, -0.2) is 0 Å². The molecular weight excluding hydrogens is 252 g/mol. The second-order valence-electron chi connectivity index (χ2n) is 4.62. The maximum Gasteiger partial charge on any atom is 0.179 e. The number of methoxy groups -OCH3 is 1. The van der Waals surface area contributed by atoms with E-state index in [0.717, 1.165) is 46.6 Å². The van der Waals surface area contributed by atoms with Crippen LogP contribution in [0.3, 0.4) is 0 Å². The zero-order valence-corrected chi connectivity index (χ0v) is 12.0. The molecule has 0 amide bonds. The molecule has 4 heteroatoms. The van der Waals surface area contributed by atoms with Crippen molar-refractivity contribution in [3.05, 3.63) is 30.5 Å². The Balaban J connectivity index is 2.35. The summed E-state index contributed by atoms with van der Waals surface area (Å²) in [5, 5.41) is 0.994. The van der Waals surface area contributed by atoms with Crippen LogP contribution in [0.4, 0.5) is 5.69 Å². The molecule has 4 nitrogen and oxygen atoms in total. The summed E-state index contributed by atoms with van der Waals surface area (Å²) >= 11 is 0. The smallest absolute Gasteiger partial charge is 0.179 e. The number of fused-ring (bicyclic) bond motifs is 3. The van der Waals surface area contributed by atoms with Crippen molar-refractivity contribution < 1.29 is 9.15 Å². The lowest BCUT2D eigenvalue weighted by Gasteiger charge is -2.20. The Kier molecular flexibility index (Phi) is 3.22. The molecule has 104 valence electrons. The fourth-order valence-corrected chi connectivity index (χ4v) is 2.61. The molecule has 0 saturated carbocycles. The Hall–Kier alpha value is -2.23. The molecule has 0 aliphatic carbocycles. The summed E-state index contributed by atoms with van der Waals surface area (Å²) in [4.78, 5) is 6.74. The van der Waals surface area contributed by atoms with Crippen molar-refractivity contribution in [3.63, 3.8) is 0 Å². The lowest BCUT2D eigenvalue weighted by atomic mass is 10.2. The van der Waals surface area contributed by atoms with Gasteiger partial charge in [0.15, 0.2) is 16.9 Å². The van der Waals surface area contributed by atoms with Crippen LogP contribution in [0.2, 0.25) is 0 Å². The van der Waals surface area contributed by atoms with E-state index < -0.39 is 0 Å². The molecule has 2 aromatic heterocycles. The van der Waals surface area contributed by atoms with E-state index in [0.29, 0.717) is 0 Å². The first-order valence-corrected chi connectivity index (χ1v) is 6.89. The molecule has 0 bridgehead atoms. The molecule has 0 unspecified atom stereocenters. The number of aromatic nitrogens is 1. The van der Waals surface area contributed by atoms with Crippen molar-refractivity contribution in [1.29, 1.82) is 0 Å². The SMILES string of the molecule is CCN(CC)c1ccnc2c1oc1c(OC)cccc12. The number of nitrogens with zero attached hydrogens (tertiary/aromatic N) is 2. The third kappa shape index (κ3) is 1.80. The van der Waals surface area contributed by atoms with Crippen molar-refractivity contribution in [1.82, 2.24) is 4.98 Å². The number of pyridine rings is 1. The molecular formula is C16H18N2O2. The van der Waals surface area contributed by atoms with Gasteiger partial charge in [0.05, 0.1) is 18.2 Å². The third-order valence-electron chi connectivity index (χ3n) is 3.65. The molecule has 3 rings (SSSR count). The van der Waals surface area contributed by atoms with Crippen LogP contribution in [-0.4, -0.2) is 25.2 Å². The average molecular weight is 270 g/mol. The van der Waals surface area contributed by atoms with E-state index in [1.807, 2.05) is 30.5 Å². The number of ether oxygens (including phenoxy) is 1. The van der Waals surface area contributed by atoms with E-state index in [4.69, 9.17) is 9.15 Å². The standard InChI is InChI=1S/C16H18N2O2/c1-4-18(5-2)12-9-10-17-14-11-7-6-8-13(19-3)15(11)20-16(12)14/h6-10H,4-5H2,1-3H3. The summed E-state index contributed by atoms with van der Waals surface area (Å²) in [6, 6.07) is 7.89. The Morgan fingerprint density at radius 2 is 1.95 bits per heavy atom. The highest BCUT2D eigenvalue weighted by Crippen LogP contribution is 2.37. The van der Waals surface area contributed by atoms with E-state index in [1.54, 1.807) is 7.11 Å². The van der Waals surface area contributed by atoms with Gasteiger partial charge in [-0.05, 0) is 32.0 Å². The van der Waals surface area contributed by atoms with Crippen molar-refractivity contribution in [2.45, 2.75) is 13.8 Å². The largest absolute Gasteiger partial charge is 0.493 e. The molecule has 1 aromatic carbocycles. The lowest BCUT2D eigenvalue weighted by Crippen LogP contribution is -2.21. The van der Waals surface area contributed by atoms with Gasteiger partial charge in [-0.15, -0.1) is 0 Å². The Labute approximate surface area is 118 Å². The van der Waals surface area contributed by atoms with Crippen LogP contribution in [-0.2, 0) is 0 Å². The molecule has 3 aromatic rings. The van der Waals surface area contributed by atoms with Gasteiger partial charge in [0, 0.05) is 19.3 Å².